The molecule has 0 aliphatic heterocycles. The Morgan fingerprint density at radius 3 is 2.48 bits per heavy atom. The SMILES string of the molecule is COc1ccc(Cc2ccc3ccn(S(=O)(=O)c4cccnc4)c3c2)cc1. The molecule has 136 valence electrons. The van der Waals surface area contributed by atoms with Gasteiger partial charge in [0.25, 0.3) is 10.0 Å². The number of nitrogens with zero attached hydrogens (tertiary/aromatic N) is 2. The summed E-state index contributed by atoms with van der Waals surface area (Å²) in [6.07, 6.45) is 5.21. The van der Waals surface area contributed by atoms with Crippen molar-refractivity contribution < 1.29 is 13.2 Å². The zero-order chi connectivity index (χ0) is 18.9. The number of benzene rings is 2. The quantitative estimate of drug-likeness (QED) is 0.529. The fraction of sp³-hybridized carbons (Fsp3) is 0.0952. The number of aromatic nitrogens is 2. The second kappa shape index (κ2) is 6.89. The minimum atomic E-state index is -3.68. The second-order valence-electron chi connectivity index (χ2n) is 6.22. The van der Waals surface area contributed by atoms with E-state index in [2.05, 4.69) is 4.98 Å². The van der Waals surface area contributed by atoms with Gasteiger partial charge in [-0.2, -0.15) is 0 Å². The molecule has 0 amide bonds. The van der Waals surface area contributed by atoms with Gasteiger partial charge in [-0.3, -0.25) is 4.98 Å². The summed E-state index contributed by atoms with van der Waals surface area (Å²) in [5.41, 5.74) is 2.82. The van der Waals surface area contributed by atoms with E-state index in [0.717, 1.165) is 22.3 Å². The lowest BCUT2D eigenvalue weighted by molar-refractivity contribution is 0.414. The maximum Gasteiger partial charge on any atom is 0.269 e. The van der Waals surface area contributed by atoms with Crippen molar-refractivity contribution in [1.82, 2.24) is 8.96 Å². The smallest absolute Gasteiger partial charge is 0.269 e. The molecule has 0 aliphatic rings. The summed E-state index contributed by atoms with van der Waals surface area (Å²) in [4.78, 5) is 4.10. The fourth-order valence-corrected chi connectivity index (χ4v) is 4.37. The number of methoxy groups -OCH3 is 1. The Morgan fingerprint density at radius 2 is 1.78 bits per heavy atom. The van der Waals surface area contributed by atoms with Crippen LogP contribution in [0.15, 0.2) is 84.1 Å². The lowest BCUT2D eigenvalue weighted by Crippen LogP contribution is -2.12. The van der Waals surface area contributed by atoms with Crippen LogP contribution in [-0.2, 0) is 16.4 Å². The van der Waals surface area contributed by atoms with Crippen molar-refractivity contribution in [3.63, 3.8) is 0 Å². The molecule has 5 nitrogen and oxygen atoms in total. The van der Waals surface area contributed by atoms with E-state index in [0.29, 0.717) is 11.9 Å². The molecule has 2 aromatic heterocycles. The number of ether oxygens (including phenoxy) is 1. The first-order valence-electron chi connectivity index (χ1n) is 8.46. The Hall–Kier alpha value is -3.12. The highest BCUT2D eigenvalue weighted by atomic mass is 32.2. The Balaban J connectivity index is 1.73. The van der Waals surface area contributed by atoms with Crippen molar-refractivity contribution in [3.05, 3.63) is 90.4 Å². The zero-order valence-electron chi connectivity index (χ0n) is 14.7. The molecule has 0 fully saturated rings. The highest BCUT2D eigenvalue weighted by Gasteiger charge is 2.19. The molecule has 6 heteroatoms. The van der Waals surface area contributed by atoms with Gasteiger partial charge in [0, 0.05) is 24.0 Å². The number of rotatable bonds is 5. The third-order valence-electron chi connectivity index (χ3n) is 4.48. The Bertz CT molecular complexity index is 1180. The molecule has 0 spiro atoms. The van der Waals surface area contributed by atoms with Crippen molar-refractivity contribution in [2.75, 3.05) is 7.11 Å². The zero-order valence-corrected chi connectivity index (χ0v) is 15.6. The summed E-state index contributed by atoms with van der Waals surface area (Å²) in [7, 11) is -2.04. The van der Waals surface area contributed by atoms with Crippen LogP contribution in [-0.4, -0.2) is 24.5 Å². The second-order valence-corrected chi connectivity index (χ2v) is 8.04. The maximum absolute atomic E-state index is 13.0. The standard InChI is InChI=1S/C21H18N2O3S/c1-26-19-8-5-16(6-9-19)13-17-4-7-18-10-12-23(21(18)14-17)27(24,25)20-3-2-11-22-15-20/h2-12,14-15H,13H2,1H3. The van der Waals surface area contributed by atoms with Gasteiger partial charge in [-0.15, -0.1) is 0 Å². The molecule has 2 heterocycles. The van der Waals surface area contributed by atoms with Crippen LogP contribution in [0, 0.1) is 0 Å². The topological polar surface area (TPSA) is 61.2 Å². The molecule has 0 radical (unpaired) electrons. The van der Waals surface area contributed by atoms with Crippen LogP contribution < -0.4 is 4.74 Å². The van der Waals surface area contributed by atoms with E-state index in [1.165, 1.54) is 10.2 Å². The Morgan fingerprint density at radius 1 is 1.00 bits per heavy atom. The van der Waals surface area contributed by atoms with E-state index in [1.54, 1.807) is 37.7 Å². The van der Waals surface area contributed by atoms with Crippen LogP contribution in [0.4, 0.5) is 0 Å². The third-order valence-corrected chi connectivity index (χ3v) is 6.15. The van der Waals surface area contributed by atoms with Gasteiger partial charge in [0.2, 0.25) is 0 Å². The first-order chi connectivity index (χ1) is 13.1. The monoisotopic (exact) mass is 378 g/mol. The van der Waals surface area contributed by atoms with Crippen molar-refractivity contribution in [2.24, 2.45) is 0 Å². The molecular weight excluding hydrogens is 360 g/mol. The van der Waals surface area contributed by atoms with Gasteiger partial charge in [-0.25, -0.2) is 12.4 Å². The van der Waals surface area contributed by atoms with E-state index in [4.69, 9.17) is 4.74 Å². The van der Waals surface area contributed by atoms with Gasteiger partial charge in [-0.1, -0.05) is 24.3 Å². The van der Waals surface area contributed by atoms with Crippen molar-refractivity contribution in [3.8, 4) is 5.75 Å². The van der Waals surface area contributed by atoms with E-state index in [1.807, 2.05) is 42.5 Å². The van der Waals surface area contributed by atoms with Crippen LogP contribution in [0.5, 0.6) is 5.75 Å². The van der Waals surface area contributed by atoms with Gasteiger partial charge in [-0.05, 0) is 53.9 Å². The summed E-state index contributed by atoms with van der Waals surface area (Å²) in [5, 5.41) is 0.876. The highest BCUT2D eigenvalue weighted by molar-refractivity contribution is 7.90. The Labute approximate surface area is 157 Å². The minimum Gasteiger partial charge on any atom is -0.497 e. The molecule has 2 aromatic carbocycles. The van der Waals surface area contributed by atoms with Gasteiger partial charge >= 0.3 is 0 Å². The molecule has 4 rings (SSSR count). The van der Waals surface area contributed by atoms with Crippen molar-refractivity contribution in [2.45, 2.75) is 11.3 Å². The first-order valence-corrected chi connectivity index (χ1v) is 9.90. The van der Waals surface area contributed by atoms with Crippen molar-refractivity contribution in [1.29, 1.82) is 0 Å². The normalized spacial score (nSPS) is 11.6. The molecule has 0 unspecified atom stereocenters. The average molecular weight is 378 g/mol. The van der Waals surface area contributed by atoms with Crippen LogP contribution in [0.3, 0.4) is 0 Å². The number of hydrogen-bond acceptors (Lipinski definition) is 4. The van der Waals surface area contributed by atoms with Crippen LogP contribution in [0.1, 0.15) is 11.1 Å². The minimum absolute atomic E-state index is 0.169. The lowest BCUT2D eigenvalue weighted by atomic mass is 10.0. The number of hydrogen-bond donors (Lipinski definition) is 0. The summed E-state index contributed by atoms with van der Waals surface area (Å²) in [5.74, 6) is 0.811. The van der Waals surface area contributed by atoms with Crippen LogP contribution in [0.25, 0.3) is 10.9 Å². The molecule has 0 bridgehead atoms. The molecule has 0 saturated carbocycles. The largest absolute Gasteiger partial charge is 0.497 e. The van der Waals surface area contributed by atoms with E-state index in [-0.39, 0.29) is 4.90 Å². The molecule has 0 saturated heterocycles. The van der Waals surface area contributed by atoms with Gasteiger partial charge in [0.15, 0.2) is 0 Å². The lowest BCUT2D eigenvalue weighted by Gasteiger charge is -2.09. The van der Waals surface area contributed by atoms with E-state index >= 15 is 0 Å². The summed E-state index contributed by atoms with van der Waals surface area (Å²) >= 11 is 0. The number of fused-ring (bicyclic) bond motifs is 1. The summed E-state index contributed by atoms with van der Waals surface area (Å²) < 4.78 is 32.4. The molecule has 0 aliphatic carbocycles. The molecule has 0 atom stereocenters. The molecule has 27 heavy (non-hydrogen) atoms. The highest BCUT2D eigenvalue weighted by Crippen LogP contribution is 2.24. The summed E-state index contributed by atoms with van der Waals surface area (Å²) in [6.45, 7) is 0. The summed E-state index contributed by atoms with van der Waals surface area (Å²) in [6, 6.07) is 18.7. The van der Waals surface area contributed by atoms with E-state index in [9.17, 15) is 8.42 Å². The first kappa shape index (κ1) is 17.3. The van der Waals surface area contributed by atoms with Crippen LogP contribution in [0.2, 0.25) is 0 Å². The third kappa shape index (κ3) is 3.31. The van der Waals surface area contributed by atoms with E-state index < -0.39 is 10.0 Å². The number of pyridine rings is 1. The maximum atomic E-state index is 13.0. The van der Waals surface area contributed by atoms with Gasteiger partial charge in [0.05, 0.1) is 12.6 Å². The van der Waals surface area contributed by atoms with Gasteiger partial charge < -0.3 is 4.74 Å². The average Bonchev–Trinajstić information content (AvgIpc) is 3.13. The molecule has 0 N–H and O–H groups in total. The fourth-order valence-electron chi connectivity index (χ4n) is 3.06. The predicted octanol–water partition coefficient (Wildman–Crippen LogP) is 3.87. The predicted molar refractivity (Wildman–Crippen MR) is 105 cm³/mol. The Kier molecular flexibility index (Phi) is 4.41. The molecule has 4 aromatic rings. The van der Waals surface area contributed by atoms with Gasteiger partial charge in [0.1, 0.15) is 10.6 Å². The van der Waals surface area contributed by atoms with Crippen LogP contribution >= 0.6 is 0 Å². The van der Waals surface area contributed by atoms with Crippen molar-refractivity contribution >= 4 is 20.9 Å². The molecular formula is C21H18N2O3S.